The number of aromatic nitrogens is 3. The van der Waals surface area contributed by atoms with Gasteiger partial charge in [0.2, 0.25) is 0 Å². The van der Waals surface area contributed by atoms with E-state index < -0.39 is 0 Å². The van der Waals surface area contributed by atoms with Gasteiger partial charge in [-0.05, 0) is 145 Å². The highest BCUT2D eigenvalue weighted by atomic mass is 15.0. The van der Waals surface area contributed by atoms with Crippen LogP contribution in [0.3, 0.4) is 0 Å². The molecular formula is C63H50N4. The molecule has 3 aliphatic heterocycles. The number of H-pyrrole nitrogens is 2. The Balaban J connectivity index is 1.29. The number of rotatable bonds is 5. The number of hydrogen-bond acceptors (Lipinski definition) is 1. The molecule has 0 radical (unpaired) electrons. The normalized spacial score (nSPS) is 13.7. The number of allylic oxidation sites excluding steroid dienone is 2. The maximum absolute atomic E-state index is 5.59. The molecule has 7 heterocycles. The lowest BCUT2D eigenvalue weighted by atomic mass is 9.89. The Morgan fingerprint density at radius 3 is 1.49 bits per heavy atom. The molecule has 0 atom stereocenters. The average Bonchev–Trinajstić information content (AvgIpc) is 4.18. The van der Waals surface area contributed by atoms with Crippen molar-refractivity contribution in [3.05, 3.63) is 276 Å². The molecule has 13 rings (SSSR count). The molecule has 6 aromatic carbocycles. The quantitative estimate of drug-likeness (QED) is 0.173. The fraction of sp³-hybridized carbons (Fsp3) is 0.0952. The molecule has 0 unspecified atom stereocenters. The van der Waals surface area contributed by atoms with Gasteiger partial charge in [-0.1, -0.05) is 151 Å². The van der Waals surface area contributed by atoms with E-state index in [1.165, 1.54) is 66.8 Å². The average molecular weight is 863 g/mol. The van der Waals surface area contributed by atoms with E-state index in [1.54, 1.807) is 0 Å². The Morgan fingerprint density at radius 1 is 0.403 bits per heavy atom. The summed E-state index contributed by atoms with van der Waals surface area (Å²) in [5.41, 5.74) is 27.5. The summed E-state index contributed by atoms with van der Waals surface area (Å²) >= 11 is 0. The maximum atomic E-state index is 5.59. The monoisotopic (exact) mass is 862 g/mol. The highest BCUT2D eigenvalue weighted by Crippen LogP contribution is 2.40. The first-order valence-corrected chi connectivity index (χ1v) is 23.3. The molecule has 0 spiro atoms. The molecule has 4 aromatic heterocycles. The number of hydrogen-bond donors (Lipinski definition) is 2. The van der Waals surface area contributed by atoms with E-state index in [0.717, 1.165) is 83.1 Å². The number of aryl methyl sites for hydroxylation is 6. The lowest BCUT2D eigenvalue weighted by Crippen LogP contribution is -2.17. The van der Waals surface area contributed by atoms with Gasteiger partial charge in [0.1, 0.15) is 0 Å². The van der Waals surface area contributed by atoms with Crippen LogP contribution >= 0.6 is 0 Å². The van der Waals surface area contributed by atoms with Crippen molar-refractivity contribution in [2.24, 2.45) is 4.99 Å². The minimum absolute atomic E-state index is 0.905. The van der Waals surface area contributed by atoms with E-state index in [2.05, 4.69) is 238 Å². The summed E-state index contributed by atoms with van der Waals surface area (Å²) in [5, 5.41) is 3.32. The fourth-order valence-corrected chi connectivity index (χ4v) is 11.3. The van der Waals surface area contributed by atoms with Gasteiger partial charge in [-0.3, -0.25) is 0 Å². The second-order valence-electron chi connectivity index (χ2n) is 18.5. The largest absolute Gasteiger partial charge is 0.354 e. The van der Waals surface area contributed by atoms with Crippen LogP contribution in [0.2, 0.25) is 0 Å². The molecule has 10 aromatic rings. The first-order chi connectivity index (χ1) is 32.7. The Hall–Kier alpha value is -8.21. The number of aromatic amines is 2. The zero-order chi connectivity index (χ0) is 45.5. The summed E-state index contributed by atoms with van der Waals surface area (Å²) in [6.45, 7) is 13.4. The van der Waals surface area contributed by atoms with Gasteiger partial charge in [-0.2, -0.15) is 0 Å². The fourth-order valence-electron chi connectivity index (χ4n) is 11.3. The van der Waals surface area contributed by atoms with E-state index in [1.807, 2.05) is 0 Å². The van der Waals surface area contributed by atoms with Crippen LogP contribution in [-0.4, -0.2) is 20.1 Å². The van der Waals surface area contributed by atoms with Crippen molar-refractivity contribution < 1.29 is 0 Å². The van der Waals surface area contributed by atoms with Gasteiger partial charge in [-0.15, -0.1) is 0 Å². The molecule has 0 saturated carbocycles. The van der Waals surface area contributed by atoms with E-state index >= 15 is 0 Å². The SMILES string of the molecule is Cc1cc(C)c(C2=c3ccc(cc3)=C(c3c(C)cc(C)cc3C)c3ccc4c(-c5ccccc5)c5[nH]c(cc5n34)=C(c3ccccc3)C3=NC(=C(c4ccccc4)c4ccc2[nH]4)C=C3)c(C)c1. The standard InChI is InChI=1S/C63H50N4/c1-37-32-39(3)56(40(4)33-37)60-46-22-24-47(25-23-46)61(57-41(5)34-38(2)35-42(57)6)53-30-31-54-62(45-20-14-9-15-21-45)63-55(67(53)54)36-52(66-63)59(44-18-12-8-13-19-44)50-27-26-48(64-50)58(43-16-10-7-11-17-43)49-28-29-51(60)65-49/h7-36,65-66H,1-6H3. The third-order valence-electron chi connectivity index (χ3n) is 13.8. The van der Waals surface area contributed by atoms with E-state index in [-0.39, 0.29) is 0 Å². The smallest absolute Gasteiger partial charge is 0.0737 e. The summed E-state index contributed by atoms with van der Waals surface area (Å²) in [4.78, 5) is 13.6. The summed E-state index contributed by atoms with van der Waals surface area (Å²) in [6, 6.07) is 62.3. The Morgan fingerprint density at radius 2 is 0.910 bits per heavy atom. The van der Waals surface area contributed by atoms with Crippen LogP contribution in [0.5, 0.6) is 0 Å². The van der Waals surface area contributed by atoms with Crippen molar-refractivity contribution in [1.82, 2.24) is 14.4 Å². The minimum Gasteiger partial charge on any atom is -0.354 e. The lowest BCUT2D eigenvalue weighted by molar-refractivity contribution is 1.21. The summed E-state index contributed by atoms with van der Waals surface area (Å²) in [7, 11) is 0. The van der Waals surface area contributed by atoms with E-state index in [9.17, 15) is 0 Å². The highest BCUT2D eigenvalue weighted by molar-refractivity contribution is 6.30. The first kappa shape index (κ1) is 40.3. The molecule has 0 aliphatic carbocycles. The van der Waals surface area contributed by atoms with Crippen LogP contribution in [0.15, 0.2) is 193 Å². The summed E-state index contributed by atoms with van der Waals surface area (Å²) < 4.78 is 2.50. The van der Waals surface area contributed by atoms with Crippen molar-refractivity contribution in [3.63, 3.8) is 0 Å². The van der Waals surface area contributed by atoms with Crippen LogP contribution in [0, 0.1) is 41.5 Å². The van der Waals surface area contributed by atoms with E-state index in [0.29, 0.717) is 0 Å². The zero-order valence-corrected chi connectivity index (χ0v) is 38.7. The van der Waals surface area contributed by atoms with Gasteiger partial charge >= 0.3 is 0 Å². The Kier molecular flexibility index (Phi) is 9.47. The number of nitrogens with zero attached hydrogens (tertiary/aromatic N) is 2. The molecule has 8 bridgehead atoms. The van der Waals surface area contributed by atoms with Gasteiger partial charge in [0.05, 0.1) is 39.0 Å². The van der Waals surface area contributed by atoms with Crippen molar-refractivity contribution >= 4 is 44.6 Å². The molecule has 4 heteroatoms. The first-order valence-electron chi connectivity index (χ1n) is 23.3. The summed E-state index contributed by atoms with van der Waals surface area (Å²) in [5.74, 6) is 0. The molecule has 2 N–H and O–H groups in total. The summed E-state index contributed by atoms with van der Waals surface area (Å²) in [6.07, 6.45) is 4.38. The van der Waals surface area contributed by atoms with Crippen molar-refractivity contribution in [2.75, 3.05) is 0 Å². The Bertz CT molecular complexity index is 3870. The molecule has 4 nitrogen and oxygen atoms in total. The number of fused-ring (bicyclic) bond motifs is 2. The third kappa shape index (κ3) is 6.62. The van der Waals surface area contributed by atoms with Crippen LogP contribution < -0.4 is 15.8 Å². The molecule has 322 valence electrons. The van der Waals surface area contributed by atoms with Gasteiger partial charge in [0, 0.05) is 39.2 Å². The lowest BCUT2D eigenvalue weighted by Gasteiger charge is -2.17. The molecular weight excluding hydrogens is 813 g/mol. The van der Waals surface area contributed by atoms with Gasteiger partial charge in [0.15, 0.2) is 0 Å². The molecule has 0 amide bonds. The van der Waals surface area contributed by atoms with Crippen LogP contribution in [0.4, 0.5) is 0 Å². The molecule has 67 heavy (non-hydrogen) atoms. The van der Waals surface area contributed by atoms with Gasteiger partial charge in [-0.25, -0.2) is 4.99 Å². The van der Waals surface area contributed by atoms with Gasteiger partial charge in [0.25, 0.3) is 0 Å². The van der Waals surface area contributed by atoms with Crippen molar-refractivity contribution in [3.8, 4) is 11.1 Å². The molecule has 0 saturated heterocycles. The van der Waals surface area contributed by atoms with Crippen LogP contribution in [-0.2, 0) is 0 Å². The second kappa shape index (κ2) is 15.7. The Labute approximate surface area is 391 Å². The molecule has 3 aliphatic rings. The van der Waals surface area contributed by atoms with Crippen molar-refractivity contribution in [1.29, 1.82) is 0 Å². The highest BCUT2D eigenvalue weighted by Gasteiger charge is 2.26. The minimum atomic E-state index is 0.905. The number of nitrogens with one attached hydrogen (secondary N) is 2. The number of aliphatic imine (C=N–C) groups is 1. The second-order valence-corrected chi connectivity index (χ2v) is 18.5. The maximum Gasteiger partial charge on any atom is 0.0737 e. The molecule has 0 fully saturated rings. The van der Waals surface area contributed by atoms with E-state index in [4.69, 9.17) is 4.99 Å². The predicted octanol–water partition coefficient (Wildman–Crippen LogP) is 12.5. The predicted molar refractivity (Wildman–Crippen MR) is 279 cm³/mol. The van der Waals surface area contributed by atoms with Gasteiger partial charge < -0.3 is 14.4 Å². The zero-order valence-electron chi connectivity index (χ0n) is 38.7. The topological polar surface area (TPSA) is 48.4 Å². The third-order valence-corrected chi connectivity index (χ3v) is 13.8. The van der Waals surface area contributed by atoms with Crippen LogP contribution in [0.1, 0.15) is 72.7 Å². The van der Waals surface area contributed by atoms with Crippen molar-refractivity contribution in [2.45, 2.75) is 41.5 Å². The number of benzene rings is 6. The van der Waals surface area contributed by atoms with Crippen LogP contribution in [0.25, 0.3) is 50.0 Å².